The molecule has 2 aromatic rings. The average molecular weight is 401 g/mol. The third kappa shape index (κ3) is 5.53. The number of rotatable bonds is 7. The number of aliphatic imine (C=N–C) groups is 1. The van der Waals surface area contributed by atoms with Crippen molar-refractivity contribution in [3.63, 3.8) is 0 Å². The van der Waals surface area contributed by atoms with Crippen molar-refractivity contribution in [3.05, 3.63) is 29.1 Å². The lowest BCUT2D eigenvalue weighted by atomic mass is 9.96. The third-order valence-electron chi connectivity index (χ3n) is 4.48. The molecule has 0 amide bonds. The van der Waals surface area contributed by atoms with Gasteiger partial charge in [-0.05, 0) is 47.9 Å². The second kappa shape index (κ2) is 10.2. The topological polar surface area (TPSA) is 111 Å². The summed E-state index contributed by atoms with van der Waals surface area (Å²) in [6, 6.07) is 4.15. The minimum atomic E-state index is -0.363. The second-order valence-corrected chi connectivity index (χ2v) is 7.53. The minimum absolute atomic E-state index is 0.0826. The molecule has 3 rings (SSSR count). The zero-order chi connectivity index (χ0) is 19.8. The Kier molecular flexibility index (Phi) is 7.39. The van der Waals surface area contributed by atoms with Gasteiger partial charge in [-0.2, -0.15) is 5.26 Å². The molecule has 0 N–H and O–H groups in total. The molecule has 0 radical (unpaired) electrons. The molecule has 1 aliphatic carbocycles. The minimum Gasteiger partial charge on any atom is -0.861 e. The Morgan fingerprint density at radius 3 is 3.00 bits per heavy atom. The van der Waals surface area contributed by atoms with Crippen LogP contribution in [0.25, 0.3) is 0 Å². The molecule has 0 unspecified atom stereocenters. The molecule has 9 heteroatoms. The van der Waals surface area contributed by atoms with Crippen LogP contribution in [0.1, 0.15) is 42.5 Å². The molecule has 0 fully saturated rings. The lowest BCUT2D eigenvalue weighted by Gasteiger charge is -2.16. The summed E-state index contributed by atoms with van der Waals surface area (Å²) < 4.78 is 11.5. The molecule has 0 atom stereocenters. The maximum atomic E-state index is 12.2. The zero-order valence-electron chi connectivity index (χ0n) is 15.9. The largest absolute Gasteiger partial charge is 0.861 e. The maximum absolute atomic E-state index is 12.2. The molecule has 0 aliphatic heterocycles. The number of ether oxygens (including phenoxy) is 1. The van der Waals surface area contributed by atoms with Crippen LogP contribution in [0, 0.1) is 11.3 Å². The molecule has 8 nitrogen and oxygen atoms in total. The van der Waals surface area contributed by atoms with E-state index in [2.05, 4.69) is 16.3 Å². The Morgan fingerprint density at radius 1 is 1.39 bits per heavy atom. The van der Waals surface area contributed by atoms with Crippen molar-refractivity contribution in [1.29, 1.82) is 5.26 Å². The maximum Gasteiger partial charge on any atom is 0.320 e. The molecule has 148 valence electrons. The summed E-state index contributed by atoms with van der Waals surface area (Å²) in [5.41, 5.74) is 2.74. The SMILES string of the molecule is COCC[n+]1cc(/N=C(/[O-])CSc2nc3c(cc2C#N)CCCCCC3)on1. The number of fused-ring (bicyclic) bond motifs is 1. The van der Waals surface area contributed by atoms with Gasteiger partial charge in [-0.15, -0.1) is 0 Å². The standard InChI is InChI=1S/C19H23N5O3S/c1-26-9-8-24-12-18(27-23-24)22-17(25)13-28-19-15(11-20)10-14-6-4-2-3-5-7-16(14)21-19/h10,12H,2-9,13H2,1H3. The van der Waals surface area contributed by atoms with Gasteiger partial charge in [-0.3, -0.25) is 4.52 Å². The number of hydrogen-bond acceptors (Lipinski definition) is 8. The van der Waals surface area contributed by atoms with E-state index in [1.807, 2.05) is 6.07 Å². The molecular weight excluding hydrogens is 378 g/mol. The Bertz CT molecular complexity index is 875. The van der Waals surface area contributed by atoms with Crippen LogP contribution in [0.2, 0.25) is 0 Å². The zero-order valence-corrected chi connectivity index (χ0v) is 16.7. The Labute approximate surface area is 168 Å². The monoisotopic (exact) mass is 401 g/mol. The highest BCUT2D eigenvalue weighted by Crippen LogP contribution is 2.26. The van der Waals surface area contributed by atoms with E-state index in [9.17, 15) is 10.4 Å². The summed E-state index contributed by atoms with van der Waals surface area (Å²) in [6.45, 7) is 1.00. The number of nitriles is 1. The first-order valence-corrected chi connectivity index (χ1v) is 10.3. The van der Waals surface area contributed by atoms with Gasteiger partial charge in [0.15, 0.2) is 0 Å². The molecule has 2 heterocycles. The quantitative estimate of drug-likeness (QED) is 0.300. The van der Waals surface area contributed by atoms with Crippen molar-refractivity contribution < 1.29 is 19.0 Å². The average Bonchev–Trinajstić information content (AvgIpc) is 3.12. The van der Waals surface area contributed by atoms with Gasteiger partial charge in [0.25, 0.3) is 6.20 Å². The van der Waals surface area contributed by atoms with Crippen LogP contribution in [0.5, 0.6) is 0 Å². The fourth-order valence-corrected chi connectivity index (χ4v) is 3.81. The van der Waals surface area contributed by atoms with Crippen LogP contribution < -0.4 is 9.79 Å². The molecule has 0 bridgehead atoms. The lowest BCUT2D eigenvalue weighted by Crippen LogP contribution is -2.36. The van der Waals surface area contributed by atoms with Gasteiger partial charge in [0.2, 0.25) is 11.8 Å². The van der Waals surface area contributed by atoms with Crippen LogP contribution in [0.4, 0.5) is 5.88 Å². The fourth-order valence-electron chi connectivity index (χ4n) is 3.05. The van der Waals surface area contributed by atoms with Gasteiger partial charge in [0, 0.05) is 18.6 Å². The Hall–Kier alpha value is -2.44. The first-order valence-electron chi connectivity index (χ1n) is 9.35. The van der Waals surface area contributed by atoms with E-state index in [-0.39, 0.29) is 17.5 Å². The predicted octanol–water partition coefficient (Wildman–Crippen LogP) is 1.72. The Balaban J connectivity index is 1.68. The molecule has 0 saturated carbocycles. The molecule has 0 saturated heterocycles. The van der Waals surface area contributed by atoms with Crippen molar-refractivity contribution >= 4 is 23.5 Å². The Morgan fingerprint density at radius 2 is 2.21 bits per heavy atom. The van der Waals surface area contributed by atoms with Crippen molar-refractivity contribution in [2.75, 3.05) is 19.5 Å². The van der Waals surface area contributed by atoms with Crippen LogP contribution in [0.3, 0.4) is 0 Å². The van der Waals surface area contributed by atoms with Gasteiger partial charge in [-0.1, -0.05) is 24.6 Å². The van der Waals surface area contributed by atoms with Gasteiger partial charge in [-0.25, -0.2) is 9.98 Å². The van der Waals surface area contributed by atoms with Gasteiger partial charge in [0.05, 0.1) is 5.56 Å². The molecule has 28 heavy (non-hydrogen) atoms. The van der Waals surface area contributed by atoms with E-state index in [1.54, 1.807) is 13.3 Å². The number of nitrogens with zero attached hydrogens (tertiary/aromatic N) is 5. The van der Waals surface area contributed by atoms with Crippen LogP contribution >= 0.6 is 11.8 Å². The smallest absolute Gasteiger partial charge is 0.320 e. The normalized spacial score (nSPS) is 14.8. The van der Waals surface area contributed by atoms with Gasteiger partial charge < -0.3 is 9.84 Å². The van der Waals surface area contributed by atoms with Crippen LogP contribution in [-0.4, -0.2) is 35.6 Å². The number of thioether (sulfide) groups is 1. The number of aromatic nitrogens is 3. The summed E-state index contributed by atoms with van der Waals surface area (Å²) in [7, 11) is 1.60. The number of methoxy groups -OCH3 is 1. The van der Waals surface area contributed by atoms with Crippen molar-refractivity contribution in [1.82, 2.24) is 10.3 Å². The van der Waals surface area contributed by atoms with Crippen molar-refractivity contribution in [2.45, 2.75) is 50.1 Å². The predicted molar refractivity (Wildman–Crippen MR) is 101 cm³/mol. The fraction of sp³-hybridized carbons (Fsp3) is 0.526. The van der Waals surface area contributed by atoms with E-state index < -0.39 is 0 Å². The lowest BCUT2D eigenvalue weighted by molar-refractivity contribution is -0.763. The summed E-state index contributed by atoms with van der Waals surface area (Å²) in [5, 5.41) is 26.0. The van der Waals surface area contributed by atoms with Gasteiger partial charge in [0.1, 0.15) is 17.7 Å². The van der Waals surface area contributed by atoms with E-state index in [1.165, 1.54) is 34.8 Å². The summed E-state index contributed by atoms with van der Waals surface area (Å²) in [5.74, 6) is -0.134. The molecule has 2 aromatic heterocycles. The molecule has 0 spiro atoms. The van der Waals surface area contributed by atoms with E-state index in [4.69, 9.17) is 14.2 Å². The van der Waals surface area contributed by atoms with Gasteiger partial charge >= 0.3 is 5.88 Å². The van der Waals surface area contributed by atoms with E-state index >= 15 is 0 Å². The first-order chi connectivity index (χ1) is 13.7. The van der Waals surface area contributed by atoms with Crippen LogP contribution in [0.15, 0.2) is 26.8 Å². The highest BCUT2D eigenvalue weighted by molar-refractivity contribution is 7.99. The van der Waals surface area contributed by atoms with E-state index in [0.717, 1.165) is 31.4 Å². The van der Waals surface area contributed by atoms with E-state index in [0.29, 0.717) is 23.7 Å². The number of pyridine rings is 1. The van der Waals surface area contributed by atoms with Crippen molar-refractivity contribution in [3.8, 4) is 6.07 Å². The first kappa shape index (κ1) is 20.3. The van der Waals surface area contributed by atoms with Crippen LogP contribution in [-0.2, 0) is 24.1 Å². The summed E-state index contributed by atoms with van der Waals surface area (Å²) in [4.78, 5) is 8.61. The molecule has 1 aliphatic rings. The molecule has 0 aromatic carbocycles. The molecular formula is C19H23N5O3S. The highest BCUT2D eigenvalue weighted by Gasteiger charge is 2.14. The summed E-state index contributed by atoms with van der Waals surface area (Å²) >= 11 is 1.24. The third-order valence-corrected chi connectivity index (χ3v) is 5.45. The number of hydrogen-bond donors (Lipinski definition) is 0. The highest BCUT2D eigenvalue weighted by atomic mass is 32.2. The second-order valence-electron chi connectivity index (χ2n) is 6.56. The van der Waals surface area contributed by atoms with Crippen molar-refractivity contribution in [2.24, 2.45) is 4.99 Å². The number of aryl methyl sites for hydroxylation is 2. The summed E-state index contributed by atoms with van der Waals surface area (Å²) in [6.07, 6.45) is 8.11.